The number of hydrogen-bond acceptors (Lipinski definition) is 1. The van der Waals surface area contributed by atoms with Crippen molar-refractivity contribution in [1.82, 2.24) is 5.32 Å². The summed E-state index contributed by atoms with van der Waals surface area (Å²) in [7, 11) is 0. The molecular weight excluding hydrogens is 213 g/mol. The van der Waals surface area contributed by atoms with Gasteiger partial charge in [0.05, 0.1) is 0 Å². The highest BCUT2D eigenvalue weighted by atomic mass is 19.1. The maximum Gasteiger partial charge on any atom is 0.123 e. The maximum atomic E-state index is 13.2. The molecule has 0 fully saturated rings. The molecule has 0 unspecified atom stereocenters. The number of nitrogens with one attached hydrogen (secondary N) is 1. The standard InChI is InChI=1S/C15H22FN/c1-4-8-17-11-13(5-2)9-14-10-15(16)7-6-12(14)3/h6-7,9-10,17H,4-5,8,11H2,1-3H3/b13-9+. The van der Waals surface area contributed by atoms with Gasteiger partial charge in [-0.2, -0.15) is 0 Å². The average Bonchev–Trinajstić information content (AvgIpc) is 2.32. The van der Waals surface area contributed by atoms with Crippen molar-refractivity contribution < 1.29 is 4.39 Å². The third kappa shape index (κ3) is 4.70. The van der Waals surface area contributed by atoms with Gasteiger partial charge in [0, 0.05) is 6.54 Å². The molecule has 0 saturated carbocycles. The molecule has 0 amide bonds. The van der Waals surface area contributed by atoms with E-state index in [2.05, 4.69) is 25.2 Å². The van der Waals surface area contributed by atoms with Gasteiger partial charge in [-0.3, -0.25) is 0 Å². The van der Waals surface area contributed by atoms with Crippen LogP contribution in [-0.2, 0) is 0 Å². The highest BCUT2D eigenvalue weighted by Crippen LogP contribution is 2.15. The molecule has 0 aliphatic heterocycles. The van der Waals surface area contributed by atoms with E-state index >= 15 is 0 Å². The lowest BCUT2D eigenvalue weighted by Crippen LogP contribution is -2.17. The zero-order valence-electron chi connectivity index (χ0n) is 11.0. The molecule has 1 rings (SSSR count). The Balaban J connectivity index is 2.78. The lowest BCUT2D eigenvalue weighted by atomic mass is 10.0. The Morgan fingerprint density at radius 3 is 2.76 bits per heavy atom. The summed E-state index contributed by atoms with van der Waals surface area (Å²) in [4.78, 5) is 0. The van der Waals surface area contributed by atoms with E-state index in [1.807, 2.05) is 13.0 Å². The van der Waals surface area contributed by atoms with E-state index in [0.29, 0.717) is 0 Å². The van der Waals surface area contributed by atoms with Gasteiger partial charge < -0.3 is 5.32 Å². The Labute approximate surface area is 104 Å². The Morgan fingerprint density at radius 2 is 2.12 bits per heavy atom. The Kier molecular flexibility index (Phi) is 5.92. The average molecular weight is 235 g/mol. The first-order valence-corrected chi connectivity index (χ1v) is 6.33. The summed E-state index contributed by atoms with van der Waals surface area (Å²) in [5.41, 5.74) is 3.42. The summed E-state index contributed by atoms with van der Waals surface area (Å²) < 4.78 is 13.2. The Morgan fingerprint density at radius 1 is 1.35 bits per heavy atom. The van der Waals surface area contributed by atoms with Gasteiger partial charge in [-0.1, -0.05) is 31.6 Å². The number of benzene rings is 1. The van der Waals surface area contributed by atoms with Gasteiger partial charge in [-0.25, -0.2) is 4.39 Å². The monoisotopic (exact) mass is 235 g/mol. The van der Waals surface area contributed by atoms with Crippen LogP contribution in [0.15, 0.2) is 23.8 Å². The van der Waals surface area contributed by atoms with Crippen molar-refractivity contribution >= 4 is 6.08 Å². The predicted octanol–water partition coefficient (Wildman–Crippen LogP) is 3.93. The second-order valence-electron chi connectivity index (χ2n) is 4.33. The van der Waals surface area contributed by atoms with Crippen LogP contribution in [0.2, 0.25) is 0 Å². The highest BCUT2D eigenvalue weighted by Gasteiger charge is 2.00. The van der Waals surface area contributed by atoms with E-state index in [1.54, 1.807) is 6.07 Å². The number of halogens is 1. The molecule has 0 radical (unpaired) electrons. The van der Waals surface area contributed by atoms with E-state index in [4.69, 9.17) is 0 Å². The molecule has 0 aliphatic carbocycles. The fourth-order valence-corrected chi connectivity index (χ4v) is 1.69. The first kappa shape index (κ1) is 13.9. The van der Waals surface area contributed by atoms with Gasteiger partial charge in [-0.15, -0.1) is 0 Å². The quantitative estimate of drug-likeness (QED) is 0.737. The SMILES string of the molecule is CCCNC/C(=C/c1cc(F)ccc1C)CC. The van der Waals surface area contributed by atoms with Crippen molar-refractivity contribution in [2.24, 2.45) is 0 Å². The van der Waals surface area contributed by atoms with Gasteiger partial charge in [-0.05, 0) is 49.6 Å². The lowest BCUT2D eigenvalue weighted by molar-refractivity contribution is 0.627. The predicted molar refractivity (Wildman–Crippen MR) is 72.6 cm³/mol. The second-order valence-corrected chi connectivity index (χ2v) is 4.33. The summed E-state index contributed by atoms with van der Waals surface area (Å²) in [5, 5.41) is 3.38. The van der Waals surface area contributed by atoms with Crippen LogP contribution in [-0.4, -0.2) is 13.1 Å². The zero-order valence-corrected chi connectivity index (χ0v) is 11.0. The molecule has 94 valence electrons. The minimum Gasteiger partial charge on any atom is -0.313 e. The van der Waals surface area contributed by atoms with Crippen molar-refractivity contribution in [3.05, 3.63) is 40.7 Å². The summed E-state index contributed by atoms with van der Waals surface area (Å²) in [6, 6.07) is 4.94. The molecule has 1 N–H and O–H groups in total. The molecular formula is C15H22FN. The van der Waals surface area contributed by atoms with Crippen LogP contribution in [0.1, 0.15) is 37.8 Å². The number of aryl methyl sites for hydroxylation is 1. The van der Waals surface area contributed by atoms with Gasteiger partial charge in [0.2, 0.25) is 0 Å². The van der Waals surface area contributed by atoms with Crippen molar-refractivity contribution in [2.75, 3.05) is 13.1 Å². The third-order valence-corrected chi connectivity index (χ3v) is 2.83. The van der Waals surface area contributed by atoms with Gasteiger partial charge in [0.25, 0.3) is 0 Å². The largest absolute Gasteiger partial charge is 0.313 e. The molecule has 0 atom stereocenters. The lowest BCUT2D eigenvalue weighted by Gasteiger charge is -2.08. The first-order chi connectivity index (χ1) is 8.17. The van der Waals surface area contributed by atoms with Gasteiger partial charge >= 0.3 is 0 Å². The van der Waals surface area contributed by atoms with Crippen molar-refractivity contribution in [2.45, 2.75) is 33.6 Å². The normalized spacial score (nSPS) is 11.9. The molecule has 0 bridgehead atoms. The zero-order chi connectivity index (χ0) is 12.7. The molecule has 1 aromatic rings. The minimum atomic E-state index is -0.168. The van der Waals surface area contributed by atoms with E-state index in [0.717, 1.165) is 37.1 Å². The second kappa shape index (κ2) is 7.23. The van der Waals surface area contributed by atoms with Crippen LogP contribution in [0.4, 0.5) is 4.39 Å². The van der Waals surface area contributed by atoms with E-state index in [9.17, 15) is 4.39 Å². The van der Waals surface area contributed by atoms with Crippen molar-refractivity contribution in [1.29, 1.82) is 0 Å². The molecule has 2 heteroatoms. The van der Waals surface area contributed by atoms with Crippen molar-refractivity contribution in [3.63, 3.8) is 0 Å². The smallest absolute Gasteiger partial charge is 0.123 e. The molecule has 17 heavy (non-hydrogen) atoms. The summed E-state index contributed by atoms with van der Waals surface area (Å²) in [6.07, 6.45) is 4.23. The minimum absolute atomic E-state index is 0.168. The van der Waals surface area contributed by atoms with Gasteiger partial charge in [0.15, 0.2) is 0 Å². The topological polar surface area (TPSA) is 12.0 Å². The van der Waals surface area contributed by atoms with E-state index < -0.39 is 0 Å². The summed E-state index contributed by atoms with van der Waals surface area (Å²) in [5.74, 6) is -0.168. The molecule has 1 nitrogen and oxygen atoms in total. The summed E-state index contributed by atoms with van der Waals surface area (Å²) >= 11 is 0. The van der Waals surface area contributed by atoms with Crippen LogP contribution < -0.4 is 5.32 Å². The molecule has 0 aliphatic rings. The Hall–Kier alpha value is -1.15. The van der Waals surface area contributed by atoms with Crippen LogP contribution in [0, 0.1) is 12.7 Å². The third-order valence-electron chi connectivity index (χ3n) is 2.83. The summed E-state index contributed by atoms with van der Waals surface area (Å²) in [6.45, 7) is 8.21. The van der Waals surface area contributed by atoms with Crippen molar-refractivity contribution in [3.8, 4) is 0 Å². The number of rotatable bonds is 6. The van der Waals surface area contributed by atoms with E-state index in [1.165, 1.54) is 11.6 Å². The van der Waals surface area contributed by atoms with Gasteiger partial charge in [0.1, 0.15) is 5.82 Å². The fraction of sp³-hybridized carbons (Fsp3) is 0.467. The molecule has 0 aromatic heterocycles. The Bertz CT molecular complexity index is 383. The van der Waals surface area contributed by atoms with Crippen LogP contribution in [0.5, 0.6) is 0 Å². The van der Waals surface area contributed by atoms with E-state index in [-0.39, 0.29) is 5.82 Å². The number of hydrogen-bond donors (Lipinski definition) is 1. The molecule has 0 heterocycles. The molecule has 1 aromatic carbocycles. The maximum absolute atomic E-state index is 13.2. The van der Waals surface area contributed by atoms with Crippen LogP contribution in [0.3, 0.4) is 0 Å². The van der Waals surface area contributed by atoms with Crippen LogP contribution in [0.25, 0.3) is 6.08 Å². The fourth-order valence-electron chi connectivity index (χ4n) is 1.69. The first-order valence-electron chi connectivity index (χ1n) is 6.33. The van der Waals surface area contributed by atoms with Crippen LogP contribution >= 0.6 is 0 Å². The molecule has 0 saturated heterocycles. The molecule has 0 spiro atoms. The highest BCUT2D eigenvalue weighted by molar-refractivity contribution is 5.56.